The number of rotatable bonds is 4. The molecule has 0 spiro atoms. The molecule has 5 heteroatoms. The molecule has 0 saturated heterocycles. The van der Waals surface area contributed by atoms with Gasteiger partial charge in [-0.05, 0) is 18.1 Å². The van der Waals surface area contributed by atoms with Gasteiger partial charge in [-0.3, -0.25) is 4.79 Å². The molecule has 0 saturated carbocycles. The predicted molar refractivity (Wildman–Crippen MR) is 74.7 cm³/mol. The largest absolute Gasteiger partial charge is 0.375 e. The molecule has 0 aliphatic carbocycles. The standard InChI is InChI=1S/C13H15N3OS/c1-2-9-5-3-4-6-11(9)16-12(17)7-10-8-18-13(14)15-10/h3-6,8H,2,7H2,1H3,(H2,14,15)(H,16,17). The minimum absolute atomic E-state index is 0.0683. The first kappa shape index (κ1) is 12.6. The second-order valence-electron chi connectivity index (χ2n) is 3.91. The number of anilines is 2. The van der Waals surface area contributed by atoms with Crippen LogP contribution in [-0.4, -0.2) is 10.9 Å². The lowest BCUT2D eigenvalue weighted by Gasteiger charge is -2.08. The second kappa shape index (κ2) is 5.64. The first-order valence-electron chi connectivity index (χ1n) is 5.76. The fourth-order valence-corrected chi connectivity index (χ4v) is 2.28. The van der Waals surface area contributed by atoms with Crippen LogP contribution in [0.2, 0.25) is 0 Å². The molecule has 18 heavy (non-hydrogen) atoms. The number of aryl methyl sites for hydroxylation is 1. The van der Waals surface area contributed by atoms with E-state index in [1.165, 1.54) is 11.3 Å². The van der Waals surface area contributed by atoms with E-state index in [0.717, 1.165) is 17.7 Å². The van der Waals surface area contributed by atoms with Crippen LogP contribution in [0, 0.1) is 0 Å². The van der Waals surface area contributed by atoms with Crippen molar-refractivity contribution < 1.29 is 4.79 Å². The number of nitrogens with zero attached hydrogens (tertiary/aromatic N) is 1. The molecule has 0 bridgehead atoms. The highest BCUT2D eigenvalue weighted by atomic mass is 32.1. The summed E-state index contributed by atoms with van der Waals surface area (Å²) >= 11 is 1.35. The van der Waals surface area contributed by atoms with Crippen molar-refractivity contribution in [1.29, 1.82) is 0 Å². The SMILES string of the molecule is CCc1ccccc1NC(=O)Cc1csc(N)n1. The van der Waals surface area contributed by atoms with E-state index in [9.17, 15) is 4.79 Å². The van der Waals surface area contributed by atoms with Crippen LogP contribution in [0.25, 0.3) is 0 Å². The van der Waals surface area contributed by atoms with Crippen LogP contribution in [0.4, 0.5) is 10.8 Å². The van der Waals surface area contributed by atoms with Crippen LogP contribution in [-0.2, 0) is 17.6 Å². The highest BCUT2D eigenvalue weighted by molar-refractivity contribution is 7.13. The average molecular weight is 261 g/mol. The molecule has 4 nitrogen and oxygen atoms in total. The zero-order valence-corrected chi connectivity index (χ0v) is 11.0. The van der Waals surface area contributed by atoms with Crippen LogP contribution < -0.4 is 11.1 Å². The second-order valence-corrected chi connectivity index (χ2v) is 4.80. The van der Waals surface area contributed by atoms with E-state index in [1.54, 1.807) is 5.38 Å². The minimum atomic E-state index is -0.0683. The van der Waals surface area contributed by atoms with Gasteiger partial charge in [-0.15, -0.1) is 11.3 Å². The number of amides is 1. The number of hydrogen-bond donors (Lipinski definition) is 2. The van der Waals surface area contributed by atoms with E-state index < -0.39 is 0 Å². The molecule has 0 atom stereocenters. The number of hydrogen-bond acceptors (Lipinski definition) is 4. The summed E-state index contributed by atoms with van der Waals surface area (Å²) in [6, 6.07) is 7.80. The van der Waals surface area contributed by atoms with E-state index >= 15 is 0 Å². The molecule has 0 aliphatic heterocycles. The number of aromatic nitrogens is 1. The van der Waals surface area contributed by atoms with Gasteiger partial charge in [0.05, 0.1) is 12.1 Å². The Bertz CT molecular complexity index is 551. The molecule has 1 heterocycles. The zero-order valence-electron chi connectivity index (χ0n) is 10.1. The fraction of sp³-hybridized carbons (Fsp3) is 0.231. The number of para-hydroxylation sites is 1. The maximum atomic E-state index is 11.9. The van der Waals surface area contributed by atoms with Gasteiger partial charge in [0.15, 0.2) is 5.13 Å². The fourth-order valence-electron chi connectivity index (χ4n) is 1.71. The van der Waals surface area contributed by atoms with Gasteiger partial charge in [-0.25, -0.2) is 4.98 Å². The van der Waals surface area contributed by atoms with Crippen LogP contribution in [0.5, 0.6) is 0 Å². The van der Waals surface area contributed by atoms with Gasteiger partial charge in [0.25, 0.3) is 0 Å². The van der Waals surface area contributed by atoms with Crippen molar-refractivity contribution in [3.8, 4) is 0 Å². The summed E-state index contributed by atoms with van der Waals surface area (Å²) in [5.74, 6) is -0.0683. The lowest BCUT2D eigenvalue weighted by molar-refractivity contribution is -0.115. The summed E-state index contributed by atoms with van der Waals surface area (Å²) in [5, 5.41) is 5.20. The van der Waals surface area contributed by atoms with Gasteiger partial charge < -0.3 is 11.1 Å². The third kappa shape index (κ3) is 3.07. The van der Waals surface area contributed by atoms with Crippen LogP contribution in [0.1, 0.15) is 18.2 Å². The van der Waals surface area contributed by atoms with Gasteiger partial charge in [-0.2, -0.15) is 0 Å². The van der Waals surface area contributed by atoms with Gasteiger partial charge in [0, 0.05) is 11.1 Å². The summed E-state index contributed by atoms with van der Waals surface area (Å²) in [4.78, 5) is 15.9. The molecule has 94 valence electrons. The van der Waals surface area contributed by atoms with E-state index in [4.69, 9.17) is 5.73 Å². The highest BCUT2D eigenvalue weighted by Gasteiger charge is 2.08. The van der Waals surface area contributed by atoms with Crippen LogP contribution in [0.15, 0.2) is 29.6 Å². The lowest BCUT2D eigenvalue weighted by Crippen LogP contribution is -2.15. The molecule has 0 radical (unpaired) electrons. The van der Waals surface area contributed by atoms with Crippen molar-refractivity contribution >= 4 is 28.1 Å². The molecular weight excluding hydrogens is 246 g/mol. The molecule has 1 aromatic carbocycles. The monoisotopic (exact) mass is 261 g/mol. The number of carbonyl (C=O) groups excluding carboxylic acids is 1. The topological polar surface area (TPSA) is 68.0 Å². The minimum Gasteiger partial charge on any atom is -0.375 e. The van der Waals surface area contributed by atoms with Gasteiger partial charge >= 0.3 is 0 Å². The number of nitrogens with two attached hydrogens (primary N) is 1. The smallest absolute Gasteiger partial charge is 0.230 e. The number of carbonyl (C=O) groups is 1. The Labute approximate surface area is 110 Å². The molecule has 0 aliphatic rings. The first-order valence-corrected chi connectivity index (χ1v) is 6.64. The Balaban J connectivity index is 2.03. The summed E-state index contributed by atoms with van der Waals surface area (Å²) in [6.45, 7) is 2.06. The third-order valence-electron chi connectivity index (χ3n) is 2.58. The predicted octanol–water partition coefficient (Wildman–Crippen LogP) is 2.47. The van der Waals surface area contributed by atoms with Crippen molar-refractivity contribution in [2.45, 2.75) is 19.8 Å². The first-order chi connectivity index (χ1) is 8.69. The van der Waals surface area contributed by atoms with E-state index in [1.807, 2.05) is 24.3 Å². The molecule has 2 aromatic rings. The summed E-state index contributed by atoms with van der Waals surface area (Å²) in [7, 11) is 0. The normalized spacial score (nSPS) is 10.3. The van der Waals surface area contributed by atoms with Gasteiger partial charge in [-0.1, -0.05) is 25.1 Å². The average Bonchev–Trinajstić information content (AvgIpc) is 2.75. The number of nitrogen functional groups attached to an aromatic ring is 1. The Kier molecular flexibility index (Phi) is 3.94. The third-order valence-corrected chi connectivity index (χ3v) is 3.31. The molecule has 0 fully saturated rings. The summed E-state index contributed by atoms with van der Waals surface area (Å²) in [5.41, 5.74) is 8.24. The number of nitrogens with one attached hydrogen (secondary N) is 1. The lowest BCUT2D eigenvalue weighted by atomic mass is 10.1. The van der Waals surface area contributed by atoms with Crippen LogP contribution >= 0.6 is 11.3 Å². The number of thiazole rings is 1. The zero-order chi connectivity index (χ0) is 13.0. The van der Waals surface area contributed by atoms with E-state index in [-0.39, 0.29) is 12.3 Å². The quantitative estimate of drug-likeness (QED) is 0.888. The van der Waals surface area contributed by atoms with E-state index in [2.05, 4.69) is 17.2 Å². The Hall–Kier alpha value is -1.88. The molecule has 1 aromatic heterocycles. The van der Waals surface area contributed by atoms with E-state index in [0.29, 0.717) is 10.8 Å². The molecular formula is C13H15N3OS. The molecule has 1 amide bonds. The molecule has 0 unspecified atom stereocenters. The van der Waals surface area contributed by atoms with Gasteiger partial charge in [0.1, 0.15) is 0 Å². The highest BCUT2D eigenvalue weighted by Crippen LogP contribution is 2.16. The van der Waals surface area contributed by atoms with Crippen molar-refractivity contribution in [1.82, 2.24) is 4.98 Å². The van der Waals surface area contributed by atoms with Crippen molar-refractivity contribution in [2.75, 3.05) is 11.1 Å². The molecule has 3 N–H and O–H groups in total. The Morgan fingerprint density at radius 1 is 1.44 bits per heavy atom. The maximum absolute atomic E-state index is 11.9. The van der Waals surface area contributed by atoms with Crippen molar-refractivity contribution in [2.24, 2.45) is 0 Å². The molecule has 2 rings (SSSR count). The summed E-state index contributed by atoms with van der Waals surface area (Å²) in [6.07, 6.45) is 1.14. The Morgan fingerprint density at radius 3 is 2.89 bits per heavy atom. The summed E-state index contributed by atoms with van der Waals surface area (Å²) < 4.78 is 0. The maximum Gasteiger partial charge on any atom is 0.230 e. The number of benzene rings is 1. The van der Waals surface area contributed by atoms with Crippen molar-refractivity contribution in [3.63, 3.8) is 0 Å². The van der Waals surface area contributed by atoms with Gasteiger partial charge in [0.2, 0.25) is 5.91 Å². The van der Waals surface area contributed by atoms with Crippen molar-refractivity contribution in [3.05, 3.63) is 40.9 Å². The Morgan fingerprint density at radius 2 is 2.22 bits per heavy atom. The van der Waals surface area contributed by atoms with Crippen LogP contribution in [0.3, 0.4) is 0 Å².